The Bertz CT molecular complexity index is 857. The summed E-state index contributed by atoms with van der Waals surface area (Å²) in [4.78, 5) is 43.7. The van der Waals surface area contributed by atoms with Gasteiger partial charge in [-0.2, -0.15) is 10.1 Å². The summed E-state index contributed by atoms with van der Waals surface area (Å²) in [6, 6.07) is 8.30. The number of β-lactam (4-membered cyclic amide) rings is 1. The first-order valence-corrected chi connectivity index (χ1v) is 9.58. The van der Waals surface area contributed by atoms with E-state index in [1.807, 2.05) is 37.3 Å². The summed E-state index contributed by atoms with van der Waals surface area (Å²) in [5.74, 6) is -0.602. The van der Waals surface area contributed by atoms with Crippen LogP contribution >= 0.6 is 0 Å². The minimum Gasteiger partial charge on any atom is -0.448 e. The van der Waals surface area contributed by atoms with Crippen LogP contribution in [0.25, 0.3) is 0 Å². The Morgan fingerprint density at radius 1 is 1.14 bits per heavy atom. The van der Waals surface area contributed by atoms with Crippen molar-refractivity contribution in [3.8, 4) is 0 Å². The fraction of sp³-hybridized carbons (Fsp3) is 0.450. The Labute approximate surface area is 168 Å². The second-order valence-corrected chi connectivity index (χ2v) is 7.22. The Morgan fingerprint density at radius 2 is 1.86 bits per heavy atom. The summed E-state index contributed by atoms with van der Waals surface area (Å²) in [6.45, 7) is 5.54. The van der Waals surface area contributed by atoms with Crippen LogP contribution in [-0.2, 0) is 25.7 Å². The molecule has 2 fully saturated rings. The number of carbonyl (C=O) groups excluding carboxylic acids is 3. The van der Waals surface area contributed by atoms with Gasteiger partial charge < -0.3 is 9.47 Å². The molecule has 3 unspecified atom stereocenters. The molecule has 4 aliphatic heterocycles. The van der Waals surface area contributed by atoms with Gasteiger partial charge in [-0.3, -0.25) is 4.79 Å². The molecule has 1 aromatic rings. The molecule has 0 aliphatic carbocycles. The van der Waals surface area contributed by atoms with Gasteiger partial charge in [0.1, 0.15) is 12.6 Å². The van der Waals surface area contributed by atoms with Crippen LogP contribution in [0.2, 0.25) is 0 Å². The van der Waals surface area contributed by atoms with Crippen molar-refractivity contribution in [1.29, 1.82) is 0 Å². The van der Waals surface area contributed by atoms with Crippen molar-refractivity contribution in [3.05, 3.63) is 47.5 Å². The second kappa shape index (κ2) is 7.40. The number of hydrogen-bond donors (Lipinski definition) is 0. The van der Waals surface area contributed by atoms with E-state index in [9.17, 15) is 14.4 Å². The summed E-state index contributed by atoms with van der Waals surface area (Å²) in [7, 11) is 0. The molecule has 2 saturated heterocycles. The topological polar surface area (TPSA) is 88.6 Å². The predicted molar refractivity (Wildman–Crippen MR) is 99.5 cm³/mol. The van der Waals surface area contributed by atoms with Gasteiger partial charge in [0.2, 0.25) is 12.1 Å². The van der Waals surface area contributed by atoms with Crippen LogP contribution < -0.4 is 0 Å². The summed E-state index contributed by atoms with van der Waals surface area (Å²) < 4.78 is 10.5. The molecule has 29 heavy (non-hydrogen) atoms. The van der Waals surface area contributed by atoms with Gasteiger partial charge in [0, 0.05) is 0 Å². The lowest BCUT2D eigenvalue weighted by atomic mass is 9.82. The molecular formula is C20H23N3O6. The highest BCUT2D eigenvalue weighted by Crippen LogP contribution is 2.43. The third kappa shape index (κ3) is 3.11. The van der Waals surface area contributed by atoms with E-state index in [2.05, 4.69) is 0 Å². The molecular weight excluding hydrogens is 378 g/mol. The van der Waals surface area contributed by atoms with E-state index in [0.717, 1.165) is 21.2 Å². The van der Waals surface area contributed by atoms with E-state index in [4.69, 9.17) is 14.3 Å². The molecule has 3 amide bonds. The van der Waals surface area contributed by atoms with Crippen LogP contribution in [-0.4, -0.2) is 58.1 Å². The molecule has 2 bridgehead atoms. The summed E-state index contributed by atoms with van der Waals surface area (Å²) in [5.41, 5.74) is 1.66. The lowest BCUT2D eigenvalue weighted by Gasteiger charge is -2.50. The van der Waals surface area contributed by atoms with Crippen LogP contribution in [0.4, 0.5) is 9.59 Å². The average molecular weight is 401 g/mol. The molecule has 0 radical (unpaired) electrons. The maximum Gasteiger partial charge on any atom is 0.435 e. The first kappa shape index (κ1) is 19.3. The number of fused-ring (bicyclic) bond motifs is 1. The number of nitrogens with zero attached hydrogens (tertiary/aromatic N) is 3. The van der Waals surface area contributed by atoms with Gasteiger partial charge in [-0.25, -0.2) is 19.4 Å². The molecule has 9 nitrogen and oxygen atoms in total. The average Bonchev–Trinajstić information content (AvgIpc) is 2.93. The normalized spacial score (nSPS) is 27.6. The van der Waals surface area contributed by atoms with Gasteiger partial charge in [0.05, 0.1) is 18.6 Å². The second-order valence-electron chi connectivity index (χ2n) is 7.22. The first-order chi connectivity index (χ1) is 13.9. The fourth-order valence-electron chi connectivity index (χ4n) is 3.98. The minimum atomic E-state index is -0.976. The standard InChI is InChI=1S/C20H23N3O6/c1-4-27-19(25)21-15-10-12(2)16(17-13(3)18(24)22(17)21)23(29-15)20(26)28-11-14-8-6-5-7-9-14/h5-10,13,15-17H,4,11H2,1-3H3/t13-,15?,16?,17?/m1/s1. The monoisotopic (exact) mass is 401 g/mol. The Balaban J connectivity index is 1.60. The van der Waals surface area contributed by atoms with E-state index >= 15 is 0 Å². The van der Waals surface area contributed by atoms with Gasteiger partial charge >= 0.3 is 12.2 Å². The van der Waals surface area contributed by atoms with Crippen LogP contribution in [0.3, 0.4) is 0 Å². The van der Waals surface area contributed by atoms with Crippen molar-refractivity contribution in [3.63, 3.8) is 0 Å². The van der Waals surface area contributed by atoms with Crippen LogP contribution in [0, 0.1) is 5.92 Å². The molecule has 0 aromatic heterocycles. The van der Waals surface area contributed by atoms with Gasteiger partial charge in [-0.1, -0.05) is 37.3 Å². The summed E-state index contributed by atoms with van der Waals surface area (Å²) in [6.07, 6.45) is -0.627. The first-order valence-electron chi connectivity index (χ1n) is 9.58. The Morgan fingerprint density at radius 3 is 2.55 bits per heavy atom. The molecule has 154 valence electrons. The van der Waals surface area contributed by atoms with E-state index in [1.165, 1.54) is 5.01 Å². The molecule has 4 aliphatic rings. The zero-order valence-corrected chi connectivity index (χ0v) is 16.5. The van der Waals surface area contributed by atoms with E-state index in [0.29, 0.717) is 0 Å². The van der Waals surface area contributed by atoms with Crippen molar-refractivity contribution in [2.75, 3.05) is 6.61 Å². The quantitative estimate of drug-likeness (QED) is 0.571. The number of hydroxylamine groups is 2. The molecule has 4 atom stereocenters. The summed E-state index contributed by atoms with van der Waals surface area (Å²) in [5, 5.41) is 3.63. The number of amides is 3. The molecule has 0 saturated carbocycles. The molecule has 4 heterocycles. The molecule has 5 rings (SSSR count). The Hall–Kier alpha value is -3.07. The number of hydrazine groups is 1. The third-order valence-electron chi connectivity index (χ3n) is 5.39. The number of hydrogen-bond acceptors (Lipinski definition) is 6. The highest BCUT2D eigenvalue weighted by atomic mass is 16.8. The van der Waals surface area contributed by atoms with Crippen molar-refractivity contribution >= 4 is 18.1 Å². The minimum absolute atomic E-state index is 0.0874. The van der Waals surface area contributed by atoms with E-state index < -0.39 is 30.5 Å². The van der Waals surface area contributed by atoms with Crippen molar-refractivity contribution in [2.24, 2.45) is 5.92 Å². The molecule has 1 aromatic carbocycles. The Kier molecular flexibility index (Phi) is 4.91. The lowest BCUT2D eigenvalue weighted by molar-refractivity contribution is -0.219. The zero-order chi connectivity index (χ0) is 20.7. The zero-order valence-electron chi connectivity index (χ0n) is 16.5. The largest absolute Gasteiger partial charge is 0.448 e. The number of rotatable bonds is 3. The SMILES string of the molecule is CCOC(=O)N1C2C=C(C)C(C3[C@@H](C)C(=O)N31)N(C(=O)OCc1ccccc1)O2. The molecule has 0 N–H and O–H groups in total. The highest BCUT2D eigenvalue weighted by Gasteiger charge is 2.61. The van der Waals surface area contributed by atoms with E-state index in [1.54, 1.807) is 19.9 Å². The van der Waals surface area contributed by atoms with Gasteiger partial charge in [-0.05, 0) is 31.1 Å². The van der Waals surface area contributed by atoms with Crippen molar-refractivity contribution < 1.29 is 28.7 Å². The van der Waals surface area contributed by atoms with Gasteiger partial charge in [-0.15, -0.1) is 0 Å². The maximum atomic E-state index is 12.8. The lowest BCUT2D eigenvalue weighted by Crippen LogP contribution is -2.71. The predicted octanol–water partition coefficient (Wildman–Crippen LogP) is 2.45. The maximum absolute atomic E-state index is 12.8. The van der Waals surface area contributed by atoms with Crippen LogP contribution in [0.5, 0.6) is 0 Å². The van der Waals surface area contributed by atoms with Crippen molar-refractivity contribution in [2.45, 2.75) is 45.7 Å². The van der Waals surface area contributed by atoms with E-state index in [-0.39, 0.29) is 25.0 Å². The summed E-state index contributed by atoms with van der Waals surface area (Å²) >= 11 is 0. The molecule has 9 heteroatoms. The number of benzene rings is 1. The number of ether oxygens (including phenoxy) is 2. The van der Waals surface area contributed by atoms with Gasteiger partial charge in [0.15, 0.2) is 0 Å². The third-order valence-corrected chi connectivity index (χ3v) is 5.39. The van der Waals surface area contributed by atoms with Crippen LogP contribution in [0.15, 0.2) is 42.0 Å². The van der Waals surface area contributed by atoms with Crippen LogP contribution in [0.1, 0.15) is 26.3 Å². The highest BCUT2D eigenvalue weighted by molar-refractivity contribution is 5.89. The van der Waals surface area contributed by atoms with Crippen molar-refractivity contribution in [1.82, 2.24) is 15.1 Å². The smallest absolute Gasteiger partial charge is 0.435 e. The van der Waals surface area contributed by atoms with Gasteiger partial charge in [0.25, 0.3) is 0 Å². The molecule has 0 spiro atoms. The number of carbonyl (C=O) groups is 3. The fourth-order valence-corrected chi connectivity index (χ4v) is 3.98.